The van der Waals surface area contributed by atoms with Crippen molar-refractivity contribution in [2.45, 2.75) is 70.6 Å². The normalized spacial score (nSPS) is 22.0. The highest BCUT2D eigenvalue weighted by atomic mass is 19.1. The van der Waals surface area contributed by atoms with Crippen LogP contribution in [-0.2, 0) is 6.42 Å². The lowest BCUT2D eigenvalue weighted by molar-refractivity contribution is 0.0100. The average molecular weight is 415 g/mol. The third-order valence-electron chi connectivity index (χ3n) is 5.68. The number of anilines is 1. The Morgan fingerprint density at radius 1 is 1.23 bits per heavy atom. The molecule has 0 atom stereocenters. The van der Waals surface area contributed by atoms with Gasteiger partial charge in [-0.3, -0.25) is 0 Å². The van der Waals surface area contributed by atoms with E-state index in [9.17, 15) is 13.9 Å². The second-order valence-corrected chi connectivity index (χ2v) is 8.74. The van der Waals surface area contributed by atoms with Crippen LogP contribution in [0.1, 0.15) is 63.9 Å². The van der Waals surface area contributed by atoms with Crippen molar-refractivity contribution in [2.75, 3.05) is 5.32 Å². The quantitative estimate of drug-likeness (QED) is 0.647. The minimum absolute atomic E-state index is 0.0931. The van der Waals surface area contributed by atoms with Gasteiger partial charge in [0.05, 0.1) is 11.8 Å². The van der Waals surface area contributed by atoms with Crippen LogP contribution in [0.3, 0.4) is 0 Å². The van der Waals surface area contributed by atoms with Crippen LogP contribution in [0.4, 0.5) is 14.7 Å². The van der Waals surface area contributed by atoms with E-state index in [1.807, 2.05) is 20.8 Å². The maximum Gasteiger partial charge on any atom is 0.224 e. The zero-order valence-corrected chi connectivity index (χ0v) is 17.5. The predicted octanol–water partition coefficient (Wildman–Crippen LogP) is 4.38. The lowest BCUT2D eigenvalue weighted by Crippen LogP contribution is -2.32. The number of rotatable bonds is 5. The predicted molar refractivity (Wildman–Crippen MR) is 111 cm³/mol. The highest BCUT2D eigenvalue weighted by Crippen LogP contribution is 2.37. The number of hydrogen-bond acceptors (Lipinski definition) is 5. The lowest BCUT2D eigenvalue weighted by atomic mass is 9.83. The van der Waals surface area contributed by atoms with Crippen molar-refractivity contribution in [1.29, 1.82) is 0 Å². The summed E-state index contributed by atoms with van der Waals surface area (Å²) in [6.07, 6.45) is 4.78. The SMILES string of the molecule is CC(C)Nc1ncc2nc(Cc3ccc(F)cc3F)n([C@H]3CC[C@@](C)(O)CC3)c2n1. The van der Waals surface area contributed by atoms with Crippen molar-refractivity contribution in [1.82, 2.24) is 19.5 Å². The summed E-state index contributed by atoms with van der Waals surface area (Å²) in [5.74, 6) is -0.0121. The average Bonchev–Trinajstić information content (AvgIpc) is 3.01. The van der Waals surface area contributed by atoms with Crippen molar-refractivity contribution in [3.63, 3.8) is 0 Å². The molecule has 8 heteroatoms. The van der Waals surface area contributed by atoms with Crippen LogP contribution >= 0.6 is 0 Å². The molecule has 0 saturated heterocycles. The first-order valence-corrected chi connectivity index (χ1v) is 10.4. The Kier molecular flexibility index (Phi) is 5.44. The number of halogens is 2. The minimum atomic E-state index is -0.671. The number of fused-ring (bicyclic) bond motifs is 1. The van der Waals surface area contributed by atoms with E-state index in [2.05, 4.69) is 19.9 Å². The Balaban J connectivity index is 1.77. The van der Waals surface area contributed by atoms with Crippen molar-refractivity contribution in [2.24, 2.45) is 0 Å². The topological polar surface area (TPSA) is 75.9 Å². The van der Waals surface area contributed by atoms with Crippen LogP contribution in [-0.4, -0.2) is 36.3 Å². The molecule has 2 N–H and O–H groups in total. The zero-order chi connectivity index (χ0) is 21.5. The number of benzene rings is 1. The van der Waals surface area contributed by atoms with Gasteiger partial charge in [-0.25, -0.2) is 18.7 Å². The van der Waals surface area contributed by atoms with Gasteiger partial charge in [0.15, 0.2) is 5.65 Å². The van der Waals surface area contributed by atoms with E-state index in [0.717, 1.165) is 18.9 Å². The first-order chi connectivity index (χ1) is 14.2. The Morgan fingerprint density at radius 2 is 1.97 bits per heavy atom. The maximum absolute atomic E-state index is 14.3. The highest BCUT2D eigenvalue weighted by Gasteiger charge is 2.32. The molecule has 0 aliphatic heterocycles. The van der Waals surface area contributed by atoms with E-state index in [1.165, 1.54) is 12.1 Å². The number of nitrogens with one attached hydrogen (secondary N) is 1. The first-order valence-electron chi connectivity index (χ1n) is 10.4. The Bertz CT molecular complexity index is 1050. The summed E-state index contributed by atoms with van der Waals surface area (Å²) in [7, 11) is 0. The number of aromatic nitrogens is 4. The molecule has 30 heavy (non-hydrogen) atoms. The van der Waals surface area contributed by atoms with Gasteiger partial charge in [-0.1, -0.05) is 6.07 Å². The summed E-state index contributed by atoms with van der Waals surface area (Å²) < 4.78 is 29.7. The van der Waals surface area contributed by atoms with E-state index in [4.69, 9.17) is 4.98 Å². The standard InChI is InChI=1S/C22H27F2N5O/c1-13(2)26-21-25-12-18-20(28-21)29(16-6-8-22(3,30)9-7-16)19(27-18)10-14-4-5-15(23)11-17(14)24/h4-5,11-13,16,30H,6-10H2,1-3H3,(H,25,26,28)/t16-,22+. The molecule has 1 fully saturated rings. The monoisotopic (exact) mass is 415 g/mol. The number of imidazole rings is 1. The summed E-state index contributed by atoms with van der Waals surface area (Å²) in [5.41, 5.74) is 1.04. The van der Waals surface area contributed by atoms with E-state index < -0.39 is 17.2 Å². The molecule has 2 heterocycles. The number of aliphatic hydroxyl groups is 1. The molecule has 1 saturated carbocycles. The van der Waals surface area contributed by atoms with Crippen LogP contribution < -0.4 is 5.32 Å². The Morgan fingerprint density at radius 3 is 2.63 bits per heavy atom. The molecule has 0 spiro atoms. The highest BCUT2D eigenvalue weighted by molar-refractivity contribution is 5.72. The van der Waals surface area contributed by atoms with Gasteiger partial charge in [-0.05, 0) is 58.1 Å². The molecule has 3 aromatic rings. The molecule has 0 bridgehead atoms. The molecular formula is C22H27F2N5O. The van der Waals surface area contributed by atoms with Gasteiger partial charge >= 0.3 is 0 Å². The summed E-state index contributed by atoms with van der Waals surface area (Å²) in [6, 6.07) is 3.88. The molecular weight excluding hydrogens is 388 g/mol. The summed E-state index contributed by atoms with van der Waals surface area (Å²) in [5, 5.41) is 13.6. The minimum Gasteiger partial charge on any atom is -0.390 e. The van der Waals surface area contributed by atoms with Crippen LogP contribution in [0.15, 0.2) is 24.4 Å². The molecule has 160 valence electrons. The van der Waals surface area contributed by atoms with Crippen molar-refractivity contribution in [3.05, 3.63) is 47.4 Å². The zero-order valence-electron chi connectivity index (χ0n) is 17.5. The lowest BCUT2D eigenvalue weighted by Gasteiger charge is -2.34. The molecule has 1 aromatic carbocycles. The van der Waals surface area contributed by atoms with Gasteiger partial charge < -0.3 is 15.0 Å². The van der Waals surface area contributed by atoms with Crippen LogP contribution in [0.5, 0.6) is 0 Å². The third kappa shape index (κ3) is 4.28. The van der Waals surface area contributed by atoms with Gasteiger partial charge in [0, 0.05) is 24.6 Å². The van der Waals surface area contributed by atoms with Crippen molar-refractivity contribution < 1.29 is 13.9 Å². The first kappa shape index (κ1) is 20.7. The van der Waals surface area contributed by atoms with Crippen LogP contribution in [0.25, 0.3) is 11.2 Å². The molecule has 2 aromatic heterocycles. The van der Waals surface area contributed by atoms with E-state index in [-0.39, 0.29) is 18.5 Å². The van der Waals surface area contributed by atoms with Gasteiger partial charge in [0.25, 0.3) is 0 Å². The van der Waals surface area contributed by atoms with Gasteiger partial charge in [-0.2, -0.15) is 4.98 Å². The van der Waals surface area contributed by atoms with Gasteiger partial charge in [0.1, 0.15) is 23.0 Å². The maximum atomic E-state index is 14.3. The fraction of sp³-hybridized carbons (Fsp3) is 0.500. The summed E-state index contributed by atoms with van der Waals surface area (Å²) >= 11 is 0. The Hall–Kier alpha value is -2.61. The molecule has 0 unspecified atom stereocenters. The molecule has 1 aliphatic rings. The van der Waals surface area contributed by atoms with Crippen molar-refractivity contribution in [3.8, 4) is 0 Å². The van der Waals surface area contributed by atoms with Crippen LogP contribution in [0.2, 0.25) is 0 Å². The number of hydrogen-bond donors (Lipinski definition) is 2. The molecule has 6 nitrogen and oxygen atoms in total. The van der Waals surface area contributed by atoms with E-state index >= 15 is 0 Å². The fourth-order valence-corrected chi connectivity index (χ4v) is 4.09. The number of nitrogens with zero attached hydrogens (tertiary/aromatic N) is 4. The van der Waals surface area contributed by atoms with Gasteiger partial charge in [0.2, 0.25) is 5.95 Å². The molecule has 0 radical (unpaired) electrons. The third-order valence-corrected chi connectivity index (χ3v) is 5.68. The second kappa shape index (κ2) is 7.91. The van der Waals surface area contributed by atoms with E-state index in [0.29, 0.717) is 41.3 Å². The Labute approximate surface area is 174 Å². The molecule has 1 aliphatic carbocycles. The molecule has 4 rings (SSSR count). The smallest absolute Gasteiger partial charge is 0.224 e. The van der Waals surface area contributed by atoms with Crippen molar-refractivity contribution >= 4 is 17.1 Å². The summed E-state index contributed by atoms with van der Waals surface area (Å²) in [4.78, 5) is 13.7. The second-order valence-electron chi connectivity index (χ2n) is 8.74. The fourth-order valence-electron chi connectivity index (χ4n) is 4.09. The largest absolute Gasteiger partial charge is 0.390 e. The van der Waals surface area contributed by atoms with Gasteiger partial charge in [-0.15, -0.1) is 0 Å². The van der Waals surface area contributed by atoms with E-state index in [1.54, 1.807) is 6.20 Å². The van der Waals surface area contributed by atoms with Crippen LogP contribution in [0, 0.1) is 11.6 Å². The molecule has 0 amide bonds. The summed E-state index contributed by atoms with van der Waals surface area (Å²) in [6.45, 7) is 5.88.